The molecule has 0 aliphatic carbocycles. The molecule has 0 heterocycles. The van der Waals surface area contributed by atoms with Gasteiger partial charge >= 0.3 is 0 Å². The van der Waals surface area contributed by atoms with Crippen LogP contribution in [0, 0.1) is 0 Å². The maximum atomic E-state index is 11.2. The highest BCUT2D eigenvalue weighted by Gasteiger charge is 2.07. The predicted octanol–water partition coefficient (Wildman–Crippen LogP) is 1.69. The van der Waals surface area contributed by atoms with Gasteiger partial charge in [0.15, 0.2) is 0 Å². The minimum Gasteiger partial charge on any atom is -0.350 e. The highest BCUT2D eigenvalue weighted by Crippen LogP contribution is 1.95. The van der Waals surface area contributed by atoms with Gasteiger partial charge in [0.1, 0.15) is 0 Å². The number of nitrogens with one attached hydrogen (secondary N) is 1. The Morgan fingerprint density at radius 2 is 1.90 bits per heavy atom. The van der Waals surface area contributed by atoms with E-state index in [9.17, 15) is 13.2 Å². The van der Waals surface area contributed by atoms with Crippen LogP contribution in [-0.4, -0.2) is 56.2 Å². The summed E-state index contributed by atoms with van der Waals surface area (Å²) in [6, 6.07) is 0.214. The van der Waals surface area contributed by atoms with Crippen molar-refractivity contribution in [2.45, 2.75) is 46.1 Å². The SMILES string of the molecule is C=C(C)C(=O)NC(C)CCN(C)C.CCCCS(=O)(=O)O. The molecule has 2 N–H and O–H groups in total. The van der Waals surface area contributed by atoms with E-state index in [0.29, 0.717) is 12.0 Å². The van der Waals surface area contributed by atoms with Crippen LogP contribution in [0.4, 0.5) is 0 Å². The fourth-order valence-electron chi connectivity index (χ4n) is 1.20. The monoisotopic (exact) mass is 322 g/mol. The summed E-state index contributed by atoms with van der Waals surface area (Å²) in [7, 11) is 0.356. The van der Waals surface area contributed by atoms with Crippen LogP contribution >= 0.6 is 0 Å². The van der Waals surface area contributed by atoms with Crippen LogP contribution in [0.5, 0.6) is 0 Å². The lowest BCUT2D eigenvalue weighted by Crippen LogP contribution is -2.34. The Labute approximate surface area is 129 Å². The fourth-order valence-corrected chi connectivity index (χ4v) is 1.85. The molecule has 1 atom stereocenters. The van der Waals surface area contributed by atoms with Gasteiger partial charge in [0.05, 0.1) is 5.75 Å². The maximum Gasteiger partial charge on any atom is 0.264 e. The second-order valence-corrected chi connectivity index (χ2v) is 6.96. The average Bonchev–Trinajstić information content (AvgIpc) is 2.33. The van der Waals surface area contributed by atoms with Crippen molar-refractivity contribution in [2.75, 3.05) is 26.4 Å². The molecule has 0 aliphatic heterocycles. The van der Waals surface area contributed by atoms with E-state index in [1.54, 1.807) is 6.92 Å². The fraction of sp³-hybridized carbons (Fsp3) is 0.786. The Balaban J connectivity index is 0. The van der Waals surface area contributed by atoms with E-state index in [1.807, 2.05) is 27.9 Å². The van der Waals surface area contributed by atoms with Crippen molar-refractivity contribution < 1.29 is 17.8 Å². The van der Waals surface area contributed by atoms with Crippen molar-refractivity contribution in [1.82, 2.24) is 10.2 Å². The topological polar surface area (TPSA) is 86.7 Å². The van der Waals surface area contributed by atoms with Gasteiger partial charge in [-0.3, -0.25) is 9.35 Å². The lowest BCUT2D eigenvalue weighted by Gasteiger charge is -2.16. The maximum absolute atomic E-state index is 11.2. The first-order valence-corrected chi connectivity index (χ1v) is 8.66. The number of hydrogen-bond acceptors (Lipinski definition) is 4. The normalized spacial score (nSPS) is 12.3. The Morgan fingerprint density at radius 3 is 2.19 bits per heavy atom. The first-order chi connectivity index (χ1) is 9.49. The van der Waals surface area contributed by atoms with Gasteiger partial charge in [-0.25, -0.2) is 0 Å². The average molecular weight is 322 g/mol. The smallest absolute Gasteiger partial charge is 0.264 e. The van der Waals surface area contributed by atoms with Crippen LogP contribution in [0.2, 0.25) is 0 Å². The molecule has 0 saturated heterocycles. The summed E-state index contributed by atoms with van der Waals surface area (Å²) in [6.45, 7) is 10.2. The van der Waals surface area contributed by atoms with Gasteiger partial charge in [0, 0.05) is 11.6 Å². The molecule has 7 heteroatoms. The Morgan fingerprint density at radius 1 is 1.38 bits per heavy atom. The van der Waals surface area contributed by atoms with Gasteiger partial charge in [-0.2, -0.15) is 8.42 Å². The molecule has 0 aromatic rings. The number of hydrogen-bond donors (Lipinski definition) is 2. The zero-order valence-corrected chi connectivity index (χ0v) is 14.7. The number of nitrogens with zero attached hydrogens (tertiary/aromatic N) is 1. The molecule has 0 spiro atoms. The standard InChI is InChI=1S/C10H20N2O.C4H10O3S/c1-8(2)10(13)11-9(3)6-7-12(4)5;1-2-3-4-8(5,6)7/h9H,1,6-7H2,2-5H3,(H,11,13);2-4H2,1H3,(H,5,6,7). The van der Waals surface area contributed by atoms with Gasteiger partial charge in [0.2, 0.25) is 5.91 Å². The second-order valence-electron chi connectivity index (χ2n) is 5.39. The number of rotatable bonds is 8. The van der Waals surface area contributed by atoms with E-state index in [-0.39, 0.29) is 17.7 Å². The van der Waals surface area contributed by atoms with Crippen LogP contribution in [-0.2, 0) is 14.9 Å². The van der Waals surface area contributed by atoms with E-state index in [0.717, 1.165) is 19.4 Å². The molecule has 0 aromatic carbocycles. The van der Waals surface area contributed by atoms with E-state index >= 15 is 0 Å². The summed E-state index contributed by atoms with van der Waals surface area (Å²) >= 11 is 0. The lowest BCUT2D eigenvalue weighted by atomic mass is 10.2. The van der Waals surface area contributed by atoms with Crippen molar-refractivity contribution >= 4 is 16.0 Å². The van der Waals surface area contributed by atoms with E-state index < -0.39 is 10.1 Å². The van der Waals surface area contributed by atoms with Crippen LogP contribution in [0.25, 0.3) is 0 Å². The van der Waals surface area contributed by atoms with Gasteiger partial charge < -0.3 is 10.2 Å². The Kier molecular flexibility index (Phi) is 12.5. The second kappa shape index (κ2) is 11.7. The molecule has 0 aromatic heterocycles. The highest BCUT2D eigenvalue weighted by atomic mass is 32.2. The third-order valence-corrected chi connectivity index (χ3v) is 3.33. The molecular formula is C14H30N2O4S. The minimum absolute atomic E-state index is 0.0498. The van der Waals surface area contributed by atoms with E-state index in [2.05, 4.69) is 16.8 Å². The summed E-state index contributed by atoms with van der Waals surface area (Å²) in [5, 5.41) is 2.87. The summed E-state index contributed by atoms with van der Waals surface area (Å²) in [5.74, 6) is -0.157. The van der Waals surface area contributed by atoms with Crippen molar-refractivity contribution in [3.05, 3.63) is 12.2 Å². The van der Waals surface area contributed by atoms with Crippen LogP contribution < -0.4 is 5.32 Å². The van der Waals surface area contributed by atoms with Crippen molar-refractivity contribution in [2.24, 2.45) is 0 Å². The van der Waals surface area contributed by atoms with Gasteiger partial charge in [-0.15, -0.1) is 0 Å². The Bertz CT molecular complexity index is 405. The predicted molar refractivity (Wildman–Crippen MR) is 86.9 cm³/mol. The summed E-state index contributed by atoms with van der Waals surface area (Å²) in [5.41, 5.74) is 0.566. The van der Waals surface area contributed by atoms with Gasteiger partial charge in [-0.1, -0.05) is 19.9 Å². The van der Waals surface area contributed by atoms with Crippen LogP contribution in [0.15, 0.2) is 12.2 Å². The molecule has 0 saturated carbocycles. The van der Waals surface area contributed by atoms with E-state index in [1.165, 1.54) is 0 Å². The number of amides is 1. The number of unbranched alkanes of at least 4 members (excludes halogenated alkanes) is 1. The van der Waals surface area contributed by atoms with Gasteiger partial charge in [-0.05, 0) is 47.3 Å². The molecule has 1 unspecified atom stereocenters. The highest BCUT2D eigenvalue weighted by molar-refractivity contribution is 7.85. The molecular weight excluding hydrogens is 292 g/mol. The quantitative estimate of drug-likeness (QED) is 0.524. The van der Waals surface area contributed by atoms with Crippen LogP contribution in [0.1, 0.15) is 40.0 Å². The Hall–Kier alpha value is -0.920. The molecule has 0 rings (SSSR count). The van der Waals surface area contributed by atoms with E-state index in [4.69, 9.17) is 4.55 Å². The molecule has 0 radical (unpaired) electrons. The lowest BCUT2D eigenvalue weighted by molar-refractivity contribution is -0.118. The molecule has 21 heavy (non-hydrogen) atoms. The molecule has 1 amide bonds. The van der Waals surface area contributed by atoms with Crippen molar-refractivity contribution in [3.63, 3.8) is 0 Å². The van der Waals surface area contributed by atoms with Crippen molar-refractivity contribution in [1.29, 1.82) is 0 Å². The summed E-state index contributed by atoms with van der Waals surface area (Å²) in [4.78, 5) is 13.3. The number of carbonyl (C=O) groups is 1. The largest absolute Gasteiger partial charge is 0.350 e. The third-order valence-electron chi connectivity index (χ3n) is 2.53. The summed E-state index contributed by atoms with van der Waals surface area (Å²) < 4.78 is 28.0. The van der Waals surface area contributed by atoms with Gasteiger partial charge in [0.25, 0.3) is 10.1 Å². The first kappa shape index (κ1) is 22.4. The molecule has 0 bridgehead atoms. The summed E-state index contributed by atoms with van der Waals surface area (Å²) in [6.07, 6.45) is 2.30. The molecule has 0 fully saturated rings. The minimum atomic E-state index is -3.69. The number of carbonyl (C=O) groups excluding carboxylic acids is 1. The molecule has 6 nitrogen and oxygen atoms in total. The zero-order chi connectivity index (χ0) is 17.1. The zero-order valence-electron chi connectivity index (χ0n) is 13.8. The molecule has 126 valence electrons. The van der Waals surface area contributed by atoms with Crippen LogP contribution in [0.3, 0.4) is 0 Å². The third kappa shape index (κ3) is 19.1. The molecule has 0 aliphatic rings. The van der Waals surface area contributed by atoms with Crippen molar-refractivity contribution in [3.8, 4) is 0 Å². The first-order valence-electron chi connectivity index (χ1n) is 7.05.